The zero-order chi connectivity index (χ0) is 13.8. The standard InChI is InChI=1S/C14H16FN3O/c1-3-18-11(8-9-16-18)10-17(2)14(19)12-6-4-5-7-13(12)15/h4-9H,3,10H2,1-2H3. The Morgan fingerprint density at radius 3 is 2.79 bits per heavy atom. The van der Waals surface area contributed by atoms with Gasteiger partial charge in [0.25, 0.3) is 5.91 Å². The molecule has 0 aliphatic heterocycles. The predicted molar refractivity (Wildman–Crippen MR) is 70.1 cm³/mol. The zero-order valence-corrected chi connectivity index (χ0v) is 11.0. The molecule has 0 N–H and O–H groups in total. The SMILES string of the molecule is CCn1nccc1CN(C)C(=O)c1ccccc1F. The first-order chi connectivity index (χ1) is 9.13. The topological polar surface area (TPSA) is 38.1 Å². The fourth-order valence-corrected chi connectivity index (χ4v) is 1.93. The molecule has 1 aromatic heterocycles. The van der Waals surface area contributed by atoms with Crippen molar-refractivity contribution in [3.8, 4) is 0 Å². The van der Waals surface area contributed by atoms with E-state index in [1.165, 1.54) is 17.0 Å². The van der Waals surface area contributed by atoms with E-state index < -0.39 is 5.82 Å². The molecule has 0 atom stereocenters. The van der Waals surface area contributed by atoms with Gasteiger partial charge in [0.1, 0.15) is 5.82 Å². The van der Waals surface area contributed by atoms with Crippen molar-refractivity contribution in [3.05, 3.63) is 53.6 Å². The molecule has 0 saturated heterocycles. The van der Waals surface area contributed by atoms with Crippen molar-refractivity contribution in [2.45, 2.75) is 20.0 Å². The molecule has 0 aliphatic carbocycles. The van der Waals surface area contributed by atoms with Crippen LogP contribution in [0.25, 0.3) is 0 Å². The summed E-state index contributed by atoms with van der Waals surface area (Å²) in [6.07, 6.45) is 1.69. The first-order valence-electron chi connectivity index (χ1n) is 6.14. The van der Waals surface area contributed by atoms with Crippen molar-refractivity contribution in [2.24, 2.45) is 0 Å². The molecule has 0 aliphatic rings. The quantitative estimate of drug-likeness (QED) is 0.847. The molecule has 0 unspecified atom stereocenters. The summed E-state index contributed by atoms with van der Waals surface area (Å²) in [7, 11) is 1.65. The van der Waals surface area contributed by atoms with Gasteiger partial charge >= 0.3 is 0 Å². The molecule has 0 bridgehead atoms. The average Bonchev–Trinajstić information content (AvgIpc) is 2.85. The summed E-state index contributed by atoms with van der Waals surface area (Å²) in [6.45, 7) is 3.13. The molecule has 1 amide bonds. The van der Waals surface area contributed by atoms with Gasteiger partial charge in [-0.3, -0.25) is 9.48 Å². The second kappa shape index (κ2) is 5.65. The Labute approximate surface area is 111 Å². The second-order valence-electron chi connectivity index (χ2n) is 4.28. The normalized spacial score (nSPS) is 10.5. The second-order valence-corrected chi connectivity index (χ2v) is 4.28. The van der Waals surface area contributed by atoms with Crippen LogP contribution in [0.4, 0.5) is 4.39 Å². The maximum atomic E-state index is 13.6. The van der Waals surface area contributed by atoms with Crippen molar-refractivity contribution in [2.75, 3.05) is 7.05 Å². The lowest BCUT2D eigenvalue weighted by Gasteiger charge is -2.18. The minimum Gasteiger partial charge on any atom is -0.336 e. The molecular formula is C14H16FN3O. The van der Waals surface area contributed by atoms with Gasteiger partial charge in [-0.15, -0.1) is 0 Å². The van der Waals surface area contributed by atoms with E-state index in [1.807, 2.05) is 17.7 Å². The minimum absolute atomic E-state index is 0.0903. The summed E-state index contributed by atoms with van der Waals surface area (Å²) in [5.41, 5.74) is 1.02. The smallest absolute Gasteiger partial charge is 0.256 e. The summed E-state index contributed by atoms with van der Waals surface area (Å²) in [4.78, 5) is 13.6. The van der Waals surface area contributed by atoms with Crippen molar-refractivity contribution in [1.29, 1.82) is 0 Å². The van der Waals surface area contributed by atoms with E-state index in [-0.39, 0.29) is 11.5 Å². The third-order valence-corrected chi connectivity index (χ3v) is 2.95. The number of hydrogen-bond donors (Lipinski definition) is 0. The van der Waals surface area contributed by atoms with Crippen molar-refractivity contribution >= 4 is 5.91 Å². The molecule has 2 aromatic rings. The average molecular weight is 261 g/mol. The van der Waals surface area contributed by atoms with Gasteiger partial charge < -0.3 is 4.90 Å². The molecule has 100 valence electrons. The van der Waals surface area contributed by atoms with Gasteiger partial charge in [-0.05, 0) is 25.1 Å². The Balaban J connectivity index is 2.14. The van der Waals surface area contributed by atoms with Gasteiger partial charge in [0.2, 0.25) is 0 Å². The number of aryl methyl sites for hydroxylation is 1. The highest BCUT2D eigenvalue weighted by Crippen LogP contribution is 2.11. The number of amides is 1. The lowest BCUT2D eigenvalue weighted by Crippen LogP contribution is -2.28. The van der Waals surface area contributed by atoms with Crippen molar-refractivity contribution in [3.63, 3.8) is 0 Å². The summed E-state index contributed by atoms with van der Waals surface area (Å²) in [5.74, 6) is -0.828. The Bertz CT molecular complexity index is 580. The van der Waals surface area contributed by atoms with Crippen LogP contribution in [-0.2, 0) is 13.1 Å². The Hall–Kier alpha value is -2.17. The number of halogens is 1. The van der Waals surface area contributed by atoms with Crippen LogP contribution in [-0.4, -0.2) is 27.6 Å². The lowest BCUT2D eigenvalue weighted by atomic mass is 10.2. The van der Waals surface area contributed by atoms with Gasteiger partial charge in [-0.1, -0.05) is 12.1 Å². The maximum absolute atomic E-state index is 13.6. The number of nitrogens with zero attached hydrogens (tertiary/aromatic N) is 3. The van der Waals surface area contributed by atoms with E-state index in [0.29, 0.717) is 6.54 Å². The first-order valence-corrected chi connectivity index (χ1v) is 6.14. The predicted octanol–water partition coefficient (Wildman–Crippen LogP) is 2.31. The largest absolute Gasteiger partial charge is 0.336 e. The fourth-order valence-electron chi connectivity index (χ4n) is 1.93. The van der Waals surface area contributed by atoms with Crippen LogP contribution >= 0.6 is 0 Å². The van der Waals surface area contributed by atoms with Crippen LogP contribution < -0.4 is 0 Å². The lowest BCUT2D eigenvalue weighted by molar-refractivity contribution is 0.0777. The third-order valence-electron chi connectivity index (χ3n) is 2.95. The Kier molecular flexibility index (Phi) is 3.94. The number of rotatable bonds is 4. The van der Waals surface area contributed by atoms with Crippen LogP contribution in [0.3, 0.4) is 0 Å². The number of benzene rings is 1. The van der Waals surface area contributed by atoms with Gasteiger partial charge in [0.05, 0.1) is 17.8 Å². The highest BCUT2D eigenvalue weighted by molar-refractivity contribution is 5.94. The van der Waals surface area contributed by atoms with Crippen molar-refractivity contribution < 1.29 is 9.18 Å². The number of carbonyl (C=O) groups is 1. The summed E-state index contributed by atoms with van der Waals surface area (Å²) in [5, 5.41) is 4.14. The highest BCUT2D eigenvalue weighted by Gasteiger charge is 2.16. The Morgan fingerprint density at radius 2 is 2.11 bits per heavy atom. The molecular weight excluding hydrogens is 245 g/mol. The Morgan fingerprint density at radius 1 is 1.37 bits per heavy atom. The van der Waals surface area contributed by atoms with Crippen LogP contribution in [0.15, 0.2) is 36.5 Å². The number of hydrogen-bond acceptors (Lipinski definition) is 2. The fraction of sp³-hybridized carbons (Fsp3) is 0.286. The van der Waals surface area contributed by atoms with E-state index in [4.69, 9.17) is 0 Å². The third kappa shape index (κ3) is 2.81. The van der Waals surface area contributed by atoms with E-state index in [1.54, 1.807) is 25.4 Å². The molecule has 0 spiro atoms. The molecule has 19 heavy (non-hydrogen) atoms. The van der Waals surface area contributed by atoms with E-state index in [0.717, 1.165) is 12.2 Å². The maximum Gasteiger partial charge on any atom is 0.256 e. The van der Waals surface area contributed by atoms with Gasteiger partial charge in [-0.25, -0.2) is 4.39 Å². The molecule has 0 radical (unpaired) electrons. The summed E-state index contributed by atoms with van der Waals surface area (Å²) in [6, 6.07) is 7.86. The molecule has 4 nitrogen and oxygen atoms in total. The molecule has 0 fully saturated rings. The molecule has 1 heterocycles. The number of carbonyl (C=O) groups excluding carboxylic acids is 1. The van der Waals surface area contributed by atoms with Crippen molar-refractivity contribution in [1.82, 2.24) is 14.7 Å². The molecule has 1 aromatic carbocycles. The first kappa shape index (κ1) is 13.3. The molecule has 5 heteroatoms. The monoisotopic (exact) mass is 261 g/mol. The van der Waals surface area contributed by atoms with E-state index in [9.17, 15) is 9.18 Å². The van der Waals surface area contributed by atoms with E-state index in [2.05, 4.69) is 5.10 Å². The summed E-state index contributed by atoms with van der Waals surface area (Å²) < 4.78 is 15.4. The summed E-state index contributed by atoms with van der Waals surface area (Å²) >= 11 is 0. The highest BCUT2D eigenvalue weighted by atomic mass is 19.1. The van der Waals surface area contributed by atoms with Crippen LogP contribution in [0.2, 0.25) is 0 Å². The van der Waals surface area contributed by atoms with Gasteiger partial charge in [-0.2, -0.15) is 5.10 Å². The zero-order valence-electron chi connectivity index (χ0n) is 11.0. The van der Waals surface area contributed by atoms with Crippen LogP contribution in [0.5, 0.6) is 0 Å². The van der Waals surface area contributed by atoms with Gasteiger partial charge in [0, 0.05) is 19.8 Å². The van der Waals surface area contributed by atoms with Crippen LogP contribution in [0.1, 0.15) is 23.0 Å². The minimum atomic E-state index is -0.497. The molecule has 0 saturated carbocycles. The van der Waals surface area contributed by atoms with Crippen LogP contribution in [0, 0.1) is 5.82 Å². The molecule has 2 rings (SSSR count). The van der Waals surface area contributed by atoms with E-state index >= 15 is 0 Å². The number of aromatic nitrogens is 2. The van der Waals surface area contributed by atoms with Gasteiger partial charge in [0.15, 0.2) is 0 Å².